The summed E-state index contributed by atoms with van der Waals surface area (Å²) in [5.74, 6) is -0.874. The lowest BCUT2D eigenvalue weighted by Gasteiger charge is -2.05. The summed E-state index contributed by atoms with van der Waals surface area (Å²) in [6.07, 6.45) is -2.79. The molecule has 0 aliphatic heterocycles. The van der Waals surface area contributed by atoms with Crippen LogP contribution < -0.4 is 0 Å². The van der Waals surface area contributed by atoms with E-state index >= 15 is 0 Å². The van der Waals surface area contributed by atoms with Gasteiger partial charge in [0.05, 0.1) is 12.2 Å². The average Bonchev–Trinajstić information content (AvgIpc) is 2.28. The minimum atomic E-state index is -2.79. The monoisotopic (exact) mass is 226 g/mol. The number of rotatable bonds is 3. The Bertz CT molecular complexity index is 441. The highest BCUT2D eigenvalue weighted by Crippen LogP contribution is 2.18. The fraction of sp³-hybridized carbons (Fsp3) is 0.300. The highest BCUT2D eigenvalue weighted by molar-refractivity contribution is 5.90. The van der Waals surface area contributed by atoms with Crippen molar-refractivity contribution in [1.82, 2.24) is 4.98 Å². The van der Waals surface area contributed by atoms with Crippen LogP contribution in [0.15, 0.2) is 12.1 Å². The Morgan fingerprint density at radius 1 is 1.62 bits per heavy atom. The standard InChI is InChI=1S/C10H8F2N2O2/c1-2-16-10(15)8-6(5-13)3-4-7(14-8)9(11)12/h3-4,9H,2H2,1H3. The van der Waals surface area contributed by atoms with E-state index in [0.717, 1.165) is 12.1 Å². The lowest BCUT2D eigenvalue weighted by atomic mass is 10.2. The average molecular weight is 226 g/mol. The van der Waals surface area contributed by atoms with Gasteiger partial charge < -0.3 is 4.74 Å². The van der Waals surface area contributed by atoms with Crippen LogP contribution in [0.4, 0.5) is 8.78 Å². The Morgan fingerprint density at radius 3 is 2.81 bits per heavy atom. The maximum Gasteiger partial charge on any atom is 0.358 e. The van der Waals surface area contributed by atoms with Crippen molar-refractivity contribution >= 4 is 5.97 Å². The molecule has 0 aromatic carbocycles. The van der Waals surface area contributed by atoms with Gasteiger partial charge in [-0.1, -0.05) is 0 Å². The SMILES string of the molecule is CCOC(=O)c1nc(C(F)F)ccc1C#N. The first kappa shape index (κ1) is 12.0. The topological polar surface area (TPSA) is 63.0 Å². The van der Waals surface area contributed by atoms with Gasteiger partial charge >= 0.3 is 5.97 Å². The van der Waals surface area contributed by atoms with Crippen LogP contribution in [0.2, 0.25) is 0 Å². The molecule has 6 heteroatoms. The molecular weight excluding hydrogens is 218 g/mol. The molecule has 1 aromatic heterocycles. The molecule has 0 saturated heterocycles. The van der Waals surface area contributed by atoms with Crippen molar-refractivity contribution in [2.75, 3.05) is 6.61 Å². The molecule has 16 heavy (non-hydrogen) atoms. The van der Waals surface area contributed by atoms with Gasteiger partial charge in [-0.15, -0.1) is 0 Å². The van der Waals surface area contributed by atoms with E-state index in [0.29, 0.717) is 0 Å². The highest BCUT2D eigenvalue weighted by Gasteiger charge is 2.18. The molecule has 0 bridgehead atoms. The molecule has 4 nitrogen and oxygen atoms in total. The molecule has 0 amide bonds. The van der Waals surface area contributed by atoms with Crippen molar-refractivity contribution in [2.45, 2.75) is 13.3 Å². The van der Waals surface area contributed by atoms with Crippen molar-refractivity contribution < 1.29 is 18.3 Å². The van der Waals surface area contributed by atoms with Gasteiger partial charge in [-0.25, -0.2) is 18.6 Å². The molecule has 0 saturated carbocycles. The van der Waals surface area contributed by atoms with Crippen LogP contribution in [0.5, 0.6) is 0 Å². The van der Waals surface area contributed by atoms with E-state index in [1.807, 2.05) is 0 Å². The Morgan fingerprint density at radius 2 is 2.31 bits per heavy atom. The van der Waals surface area contributed by atoms with Crippen LogP contribution in [-0.4, -0.2) is 17.6 Å². The summed E-state index contributed by atoms with van der Waals surface area (Å²) in [5.41, 5.74) is -1.01. The summed E-state index contributed by atoms with van der Waals surface area (Å²) in [6.45, 7) is 1.66. The Hall–Kier alpha value is -2.03. The quantitative estimate of drug-likeness (QED) is 0.740. The second-order valence-corrected chi connectivity index (χ2v) is 2.77. The number of nitrogens with zero attached hydrogens (tertiary/aromatic N) is 2. The van der Waals surface area contributed by atoms with Gasteiger partial charge in [-0.3, -0.25) is 0 Å². The third-order valence-corrected chi connectivity index (χ3v) is 1.73. The van der Waals surface area contributed by atoms with Gasteiger partial charge in [0.1, 0.15) is 11.8 Å². The number of esters is 1. The molecule has 0 aliphatic rings. The molecule has 0 N–H and O–H groups in total. The van der Waals surface area contributed by atoms with E-state index in [2.05, 4.69) is 9.72 Å². The number of alkyl halides is 2. The number of carbonyl (C=O) groups excluding carboxylic acids is 1. The summed E-state index contributed by atoms with van der Waals surface area (Å²) in [7, 11) is 0. The zero-order valence-corrected chi connectivity index (χ0v) is 8.41. The molecule has 1 rings (SSSR count). The van der Waals surface area contributed by atoms with Crippen molar-refractivity contribution in [3.8, 4) is 6.07 Å². The zero-order valence-electron chi connectivity index (χ0n) is 8.41. The summed E-state index contributed by atoms with van der Waals surface area (Å²) < 4.78 is 29.3. The minimum absolute atomic E-state index is 0.0807. The van der Waals surface area contributed by atoms with Gasteiger partial charge in [-0.05, 0) is 19.1 Å². The first-order valence-corrected chi connectivity index (χ1v) is 4.46. The fourth-order valence-corrected chi connectivity index (χ4v) is 1.04. The van der Waals surface area contributed by atoms with E-state index in [-0.39, 0.29) is 17.9 Å². The van der Waals surface area contributed by atoms with Gasteiger partial charge in [0.15, 0.2) is 5.69 Å². The second kappa shape index (κ2) is 5.16. The van der Waals surface area contributed by atoms with E-state index in [9.17, 15) is 13.6 Å². The third kappa shape index (κ3) is 2.51. The number of carbonyl (C=O) groups is 1. The van der Waals surface area contributed by atoms with E-state index in [4.69, 9.17) is 5.26 Å². The predicted molar refractivity (Wildman–Crippen MR) is 49.9 cm³/mol. The van der Waals surface area contributed by atoms with Crippen molar-refractivity contribution in [3.63, 3.8) is 0 Å². The molecule has 1 aromatic rings. The molecule has 0 fully saturated rings. The van der Waals surface area contributed by atoms with Crippen LogP contribution >= 0.6 is 0 Å². The highest BCUT2D eigenvalue weighted by atomic mass is 19.3. The molecule has 84 valence electrons. The Labute approximate surface area is 90.5 Å². The van der Waals surface area contributed by atoms with Crippen LogP contribution in [-0.2, 0) is 4.74 Å². The molecule has 0 radical (unpaired) electrons. The predicted octanol–water partition coefficient (Wildman–Crippen LogP) is 2.07. The van der Waals surface area contributed by atoms with Gasteiger partial charge in [0, 0.05) is 0 Å². The lowest BCUT2D eigenvalue weighted by molar-refractivity contribution is 0.0517. The summed E-state index contributed by atoms with van der Waals surface area (Å²) >= 11 is 0. The Kier molecular flexibility index (Phi) is 3.89. The maximum absolute atomic E-state index is 12.3. The van der Waals surface area contributed by atoms with Crippen LogP contribution in [0, 0.1) is 11.3 Å². The third-order valence-electron chi connectivity index (χ3n) is 1.73. The van der Waals surface area contributed by atoms with Crippen molar-refractivity contribution in [3.05, 3.63) is 29.1 Å². The van der Waals surface area contributed by atoms with E-state index in [1.54, 1.807) is 13.0 Å². The second-order valence-electron chi connectivity index (χ2n) is 2.77. The number of aromatic nitrogens is 1. The molecule has 0 atom stereocenters. The minimum Gasteiger partial charge on any atom is -0.461 e. The van der Waals surface area contributed by atoms with Gasteiger partial charge in [-0.2, -0.15) is 5.26 Å². The van der Waals surface area contributed by atoms with Crippen LogP contribution in [0.1, 0.15) is 35.1 Å². The number of pyridine rings is 1. The largest absolute Gasteiger partial charge is 0.461 e. The van der Waals surface area contributed by atoms with Crippen LogP contribution in [0.3, 0.4) is 0 Å². The molecule has 0 aliphatic carbocycles. The molecule has 0 unspecified atom stereocenters. The van der Waals surface area contributed by atoms with Gasteiger partial charge in [0.25, 0.3) is 6.43 Å². The number of ether oxygens (including phenoxy) is 1. The maximum atomic E-state index is 12.3. The van der Waals surface area contributed by atoms with Crippen LogP contribution in [0.25, 0.3) is 0 Å². The number of hydrogen-bond donors (Lipinski definition) is 0. The summed E-state index contributed by atoms with van der Waals surface area (Å²) in [4.78, 5) is 14.7. The zero-order chi connectivity index (χ0) is 12.1. The Balaban J connectivity index is 3.18. The molecule has 1 heterocycles. The summed E-state index contributed by atoms with van der Waals surface area (Å²) in [6, 6.07) is 3.82. The van der Waals surface area contributed by atoms with Gasteiger partial charge in [0.2, 0.25) is 0 Å². The number of hydrogen-bond acceptors (Lipinski definition) is 4. The molecule has 0 spiro atoms. The molecular formula is C10H8F2N2O2. The summed E-state index contributed by atoms with van der Waals surface area (Å²) in [5, 5.41) is 8.68. The number of nitriles is 1. The smallest absolute Gasteiger partial charge is 0.358 e. The first-order chi connectivity index (χ1) is 7.60. The van der Waals surface area contributed by atoms with Crippen molar-refractivity contribution in [1.29, 1.82) is 5.26 Å². The number of halogens is 2. The fourth-order valence-electron chi connectivity index (χ4n) is 1.04. The van der Waals surface area contributed by atoms with E-state index < -0.39 is 18.1 Å². The van der Waals surface area contributed by atoms with Crippen molar-refractivity contribution in [2.24, 2.45) is 0 Å². The van der Waals surface area contributed by atoms with E-state index in [1.165, 1.54) is 0 Å². The first-order valence-electron chi connectivity index (χ1n) is 4.46. The normalized spacial score (nSPS) is 9.94. The lowest BCUT2D eigenvalue weighted by Crippen LogP contribution is -2.11.